The molecule has 1 amide bonds. The molecule has 0 aliphatic carbocycles. The van der Waals surface area contributed by atoms with Crippen molar-refractivity contribution in [1.82, 2.24) is 15.1 Å². The monoisotopic (exact) mass is 361 g/mol. The van der Waals surface area contributed by atoms with E-state index in [4.69, 9.17) is 16.7 Å². The summed E-state index contributed by atoms with van der Waals surface area (Å²) in [6, 6.07) is 7.64. The highest BCUT2D eigenvalue weighted by Gasteiger charge is 2.26. The highest BCUT2D eigenvalue weighted by Crippen LogP contribution is 2.28. The van der Waals surface area contributed by atoms with E-state index >= 15 is 0 Å². The minimum atomic E-state index is -0.0467. The molecule has 0 radical (unpaired) electrons. The molecular weight excluding hydrogens is 334 g/mol. The quantitative estimate of drug-likeness (QED) is 0.788. The first-order valence-corrected chi connectivity index (χ1v) is 9.27. The van der Waals surface area contributed by atoms with Crippen LogP contribution in [0, 0.1) is 5.92 Å². The molecule has 0 fully saturated rings. The van der Waals surface area contributed by atoms with Gasteiger partial charge in [-0.1, -0.05) is 39.3 Å². The average Bonchev–Trinajstić information content (AvgIpc) is 2.86. The van der Waals surface area contributed by atoms with Crippen molar-refractivity contribution >= 4 is 17.5 Å². The molecule has 1 aromatic heterocycles. The molecular formula is C20H28ClN3O. The van der Waals surface area contributed by atoms with Crippen molar-refractivity contribution in [3.05, 3.63) is 46.2 Å². The van der Waals surface area contributed by atoms with Crippen molar-refractivity contribution in [3.8, 4) is 5.69 Å². The normalized spacial score (nSPS) is 11.6. The van der Waals surface area contributed by atoms with Crippen LogP contribution in [-0.2, 0) is 6.42 Å². The van der Waals surface area contributed by atoms with Gasteiger partial charge in [-0.05, 0) is 56.4 Å². The van der Waals surface area contributed by atoms with Gasteiger partial charge in [-0.2, -0.15) is 5.10 Å². The molecule has 136 valence electrons. The zero-order valence-electron chi connectivity index (χ0n) is 15.9. The Morgan fingerprint density at radius 1 is 1.12 bits per heavy atom. The van der Waals surface area contributed by atoms with Gasteiger partial charge in [0.05, 0.1) is 22.6 Å². The minimum absolute atomic E-state index is 0.0467. The van der Waals surface area contributed by atoms with E-state index in [2.05, 4.69) is 33.0 Å². The van der Waals surface area contributed by atoms with E-state index < -0.39 is 0 Å². The Labute approximate surface area is 155 Å². The lowest BCUT2D eigenvalue weighted by atomic mass is 9.98. The first-order chi connectivity index (χ1) is 11.7. The van der Waals surface area contributed by atoms with Crippen LogP contribution < -0.4 is 5.32 Å². The second kappa shape index (κ2) is 8.05. The summed E-state index contributed by atoms with van der Waals surface area (Å²) in [5.41, 5.74) is 3.43. The Balaban J connectivity index is 2.65. The number of carbonyl (C=O) groups excluding carboxylic acids is 1. The number of hydrogen-bond acceptors (Lipinski definition) is 2. The third-order valence-corrected chi connectivity index (χ3v) is 4.11. The fourth-order valence-corrected chi connectivity index (χ4v) is 3.03. The summed E-state index contributed by atoms with van der Waals surface area (Å²) < 4.78 is 1.90. The summed E-state index contributed by atoms with van der Waals surface area (Å²) in [4.78, 5) is 12.9. The molecule has 1 heterocycles. The fourth-order valence-electron chi connectivity index (χ4n) is 2.90. The lowest BCUT2D eigenvalue weighted by molar-refractivity contribution is 0.0940. The summed E-state index contributed by atoms with van der Waals surface area (Å²) in [5.74, 6) is 0.533. The predicted octanol–water partition coefficient (Wildman–Crippen LogP) is 4.99. The third kappa shape index (κ3) is 4.63. The lowest BCUT2D eigenvalue weighted by Crippen LogP contribution is -2.31. The van der Waals surface area contributed by atoms with Crippen molar-refractivity contribution in [1.29, 1.82) is 0 Å². The van der Waals surface area contributed by atoms with E-state index in [0.717, 1.165) is 23.5 Å². The van der Waals surface area contributed by atoms with Crippen molar-refractivity contribution in [3.63, 3.8) is 0 Å². The van der Waals surface area contributed by atoms with Crippen LogP contribution in [0.25, 0.3) is 5.69 Å². The largest absolute Gasteiger partial charge is 0.350 e. The Hall–Kier alpha value is -1.81. The number of hydrogen-bond donors (Lipinski definition) is 1. The summed E-state index contributed by atoms with van der Waals surface area (Å²) in [7, 11) is 0. The maximum atomic E-state index is 12.9. The molecule has 5 heteroatoms. The molecule has 0 bridgehead atoms. The topological polar surface area (TPSA) is 46.9 Å². The van der Waals surface area contributed by atoms with Gasteiger partial charge in [-0.15, -0.1) is 0 Å². The van der Waals surface area contributed by atoms with Crippen LogP contribution in [0.3, 0.4) is 0 Å². The molecule has 0 unspecified atom stereocenters. The molecule has 25 heavy (non-hydrogen) atoms. The van der Waals surface area contributed by atoms with Crippen LogP contribution in [0.1, 0.15) is 69.2 Å². The first kappa shape index (κ1) is 19.5. The maximum absolute atomic E-state index is 12.9. The molecule has 0 aliphatic rings. The summed E-state index contributed by atoms with van der Waals surface area (Å²) in [5, 5.41) is 8.52. The maximum Gasteiger partial charge on any atom is 0.255 e. The van der Waals surface area contributed by atoms with E-state index in [1.807, 2.05) is 42.8 Å². The Kier molecular flexibility index (Phi) is 6.28. The number of halogens is 1. The van der Waals surface area contributed by atoms with Crippen LogP contribution in [0.15, 0.2) is 24.3 Å². The number of rotatable bonds is 6. The summed E-state index contributed by atoms with van der Waals surface area (Å²) in [6.45, 7) is 12.4. The van der Waals surface area contributed by atoms with E-state index in [9.17, 15) is 4.79 Å². The van der Waals surface area contributed by atoms with Gasteiger partial charge in [0, 0.05) is 11.1 Å². The Morgan fingerprint density at radius 2 is 1.72 bits per heavy atom. The third-order valence-electron chi connectivity index (χ3n) is 3.86. The first-order valence-electron chi connectivity index (χ1n) is 8.89. The zero-order valence-corrected chi connectivity index (χ0v) is 16.7. The van der Waals surface area contributed by atoms with Crippen LogP contribution in [0.5, 0.6) is 0 Å². The van der Waals surface area contributed by atoms with Gasteiger partial charge in [0.1, 0.15) is 0 Å². The van der Waals surface area contributed by atoms with Gasteiger partial charge in [0.15, 0.2) is 0 Å². The minimum Gasteiger partial charge on any atom is -0.350 e. The van der Waals surface area contributed by atoms with Gasteiger partial charge >= 0.3 is 0 Å². The van der Waals surface area contributed by atoms with Crippen LogP contribution in [0.2, 0.25) is 5.02 Å². The number of nitrogens with zero attached hydrogens (tertiary/aromatic N) is 2. The number of benzene rings is 1. The van der Waals surface area contributed by atoms with Gasteiger partial charge in [0.2, 0.25) is 0 Å². The van der Waals surface area contributed by atoms with E-state index in [1.54, 1.807) is 0 Å². The Bertz CT molecular complexity index is 730. The number of amides is 1. The molecule has 0 saturated carbocycles. The molecule has 0 spiro atoms. The molecule has 2 aromatic rings. The average molecular weight is 362 g/mol. The summed E-state index contributed by atoms with van der Waals surface area (Å²) in [6.07, 6.45) is 0.765. The van der Waals surface area contributed by atoms with E-state index in [0.29, 0.717) is 16.5 Å². The molecule has 1 aromatic carbocycles. The second-order valence-corrected chi connectivity index (χ2v) is 7.91. The number of nitrogens with one attached hydrogen (secondary N) is 1. The smallest absolute Gasteiger partial charge is 0.255 e. The van der Waals surface area contributed by atoms with E-state index in [1.165, 1.54) is 0 Å². The molecule has 1 N–H and O–H groups in total. The number of carbonyl (C=O) groups is 1. The van der Waals surface area contributed by atoms with Crippen molar-refractivity contribution in [2.75, 3.05) is 0 Å². The highest BCUT2D eigenvalue weighted by atomic mass is 35.5. The molecule has 0 saturated heterocycles. The molecule has 0 aliphatic heterocycles. The van der Waals surface area contributed by atoms with Gasteiger partial charge < -0.3 is 5.32 Å². The van der Waals surface area contributed by atoms with Crippen molar-refractivity contribution < 1.29 is 4.79 Å². The fraction of sp³-hybridized carbons (Fsp3) is 0.500. The lowest BCUT2D eigenvalue weighted by Gasteiger charge is -2.14. The van der Waals surface area contributed by atoms with Crippen LogP contribution in [-0.4, -0.2) is 21.7 Å². The van der Waals surface area contributed by atoms with Crippen molar-refractivity contribution in [2.45, 2.75) is 59.9 Å². The second-order valence-electron chi connectivity index (χ2n) is 7.48. The molecule has 0 atom stereocenters. The number of aromatic nitrogens is 2. The molecule has 2 rings (SSSR count). The van der Waals surface area contributed by atoms with Crippen LogP contribution >= 0.6 is 11.6 Å². The predicted molar refractivity (Wildman–Crippen MR) is 104 cm³/mol. The van der Waals surface area contributed by atoms with Crippen LogP contribution in [0.4, 0.5) is 0 Å². The van der Waals surface area contributed by atoms with Gasteiger partial charge in [-0.25, -0.2) is 4.68 Å². The highest BCUT2D eigenvalue weighted by molar-refractivity contribution is 6.30. The zero-order chi connectivity index (χ0) is 18.7. The van der Waals surface area contributed by atoms with E-state index in [-0.39, 0.29) is 17.9 Å². The van der Waals surface area contributed by atoms with Gasteiger partial charge in [0.25, 0.3) is 5.91 Å². The van der Waals surface area contributed by atoms with Crippen molar-refractivity contribution in [2.24, 2.45) is 5.92 Å². The standard InChI is InChI=1S/C20H28ClN3O/c1-12(2)11-17-18(20(25)22-14(5)6)19(13(3)4)24(23-17)16-9-7-15(21)8-10-16/h7-10,12-14H,11H2,1-6H3,(H,22,25). The molecule has 4 nitrogen and oxygen atoms in total. The SMILES string of the molecule is CC(C)Cc1nn(-c2ccc(Cl)cc2)c(C(C)C)c1C(=O)NC(C)C. The summed E-state index contributed by atoms with van der Waals surface area (Å²) >= 11 is 6.02. The van der Waals surface area contributed by atoms with Gasteiger partial charge in [-0.3, -0.25) is 4.79 Å². The Morgan fingerprint density at radius 3 is 2.20 bits per heavy atom.